The average Bonchev–Trinajstić information content (AvgIpc) is 2.59. The first-order valence-corrected chi connectivity index (χ1v) is 5.68. The second-order valence-corrected chi connectivity index (χ2v) is 4.80. The van der Waals surface area contributed by atoms with E-state index >= 15 is 0 Å². The number of fused-ring (bicyclic) bond motifs is 1. The Balaban J connectivity index is 2.56. The molecule has 80 valence electrons. The molecule has 0 N–H and O–H groups in total. The molecular formula is C11H14BrN3. The van der Waals surface area contributed by atoms with Crippen molar-refractivity contribution >= 4 is 26.8 Å². The smallest absolute Gasteiger partial charge is 0.101 e. The molecule has 2 rings (SSSR count). The first-order valence-electron chi connectivity index (χ1n) is 4.89. The zero-order valence-electron chi connectivity index (χ0n) is 9.11. The van der Waals surface area contributed by atoms with Gasteiger partial charge in [0.2, 0.25) is 0 Å². The minimum atomic E-state index is 0.261. The third-order valence-corrected chi connectivity index (χ3v) is 3.16. The fourth-order valence-corrected chi connectivity index (χ4v) is 1.88. The quantitative estimate of drug-likeness (QED) is 0.835. The van der Waals surface area contributed by atoms with Gasteiger partial charge in [-0.05, 0) is 33.2 Å². The van der Waals surface area contributed by atoms with Gasteiger partial charge < -0.3 is 0 Å². The van der Waals surface area contributed by atoms with E-state index in [1.54, 1.807) is 0 Å². The van der Waals surface area contributed by atoms with Gasteiger partial charge in [-0.15, -0.1) is 0 Å². The molecule has 0 spiro atoms. The molecule has 2 aromatic rings. The summed E-state index contributed by atoms with van der Waals surface area (Å²) in [4.78, 5) is 2.13. The summed E-state index contributed by atoms with van der Waals surface area (Å²) < 4.78 is 3.11. The maximum Gasteiger partial charge on any atom is 0.101 e. The molecule has 1 heterocycles. The average molecular weight is 268 g/mol. The predicted molar refractivity (Wildman–Crippen MR) is 65.8 cm³/mol. The summed E-state index contributed by atoms with van der Waals surface area (Å²) in [6.07, 6.45) is 2.17. The summed E-state index contributed by atoms with van der Waals surface area (Å²) in [5.74, 6) is 0. The van der Waals surface area contributed by atoms with Crippen molar-refractivity contribution in [3.05, 3.63) is 28.9 Å². The second kappa shape index (κ2) is 3.94. The maximum absolute atomic E-state index is 4.41. The van der Waals surface area contributed by atoms with Crippen LogP contribution in [0.1, 0.15) is 13.1 Å². The van der Waals surface area contributed by atoms with Crippen molar-refractivity contribution in [1.82, 2.24) is 14.7 Å². The van der Waals surface area contributed by atoms with E-state index in [9.17, 15) is 0 Å². The molecule has 0 radical (unpaired) electrons. The minimum absolute atomic E-state index is 0.261. The Labute approximate surface area is 97.8 Å². The molecule has 0 bridgehead atoms. The van der Waals surface area contributed by atoms with E-state index in [0.29, 0.717) is 0 Å². The van der Waals surface area contributed by atoms with Gasteiger partial charge in [0.05, 0.1) is 11.7 Å². The Morgan fingerprint density at radius 2 is 2.13 bits per heavy atom. The fraction of sp³-hybridized carbons (Fsp3) is 0.364. The largest absolute Gasteiger partial charge is 0.288 e. The standard InChI is InChI=1S/C11H14BrN3/c1-8(14(2)3)15-11-6-10(12)5-4-9(11)7-13-15/h4-8H,1-3H3. The summed E-state index contributed by atoms with van der Waals surface area (Å²) in [6.45, 7) is 2.13. The number of aromatic nitrogens is 2. The van der Waals surface area contributed by atoms with E-state index < -0.39 is 0 Å². The summed E-state index contributed by atoms with van der Waals surface area (Å²) in [7, 11) is 4.10. The number of benzene rings is 1. The van der Waals surface area contributed by atoms with Crippen LogP contribution in [-0.4, -0.2) is 28.8 Å². The molecule has 0 fully saturated rings. The van der Waals surface area contributed by atoms with Crippen LogP contribution in [0.5, 0.6) is 0 Å². The zero-order chi connectivity index (χ0) is 11.0. The highest BCUT2D eigenvalue weighted by Gasteiger charge is 2.11. The van der Waals surface area contributed by atoms with E-state index in [2.05, 4.69) is 59.1 Å². The van der Waals surface area contributed by atoms with Crippen molar-refractivity contribution < 1.29 is 0 Å². The van der Waals surface area contributed by atoms with Crippen LogP contribution in [0.3, 0.4) is 0 Å². The van der Waals surface area contributed by atoms with Crippen LogP contribution in [0.4, 0.5) is 0 Å². The first-order chi connectivity index (χ1) is 7.09. The van der Waals surface area contributed by atoms with Crippen molar-refractivity contribution in [1.29, 1.82) is 0 Å². The molecule has 1 aromatic heterocycles. The van der Waals surface area contributed by atoms with Gasteiger partial charge in [0.25, 0.3) is 0 Å². The molecule has 1 unspecified atom stereocenters. The Bertz CT molecular complexity index is 476. The molecule has 0 saturated heterocycles. The molecule has 0 aliphatic carbocycles. The molecule has 1 atom stereocenters. The van der Waals surface area contributed by atoms with E-state index in [-0.39, 0.29) is 6.17 Å². The predicted octanol–water partition coefficient (Wildman–Crippen LogP) is 2.88. The van der Waals surface area contributed by atoms with Gasteiger partial charge >= 0.3 is 0 Å². The SMILES string of the molecule is CC(N(C)C)n1ncc2ccc(Br)cc21. The molecule has 0 aliphatic heterocycles. The third-order valence-electron chi connectivity index (χ3n) is 2.66. The van der Waals surface area contributed by atoms with E-state index in [0.717, 1.165) is 9.99 Å². The second-order valence-electron chi connectivity index (χ2n) is 3.89. The molecule has 3 nitrogen and oxygen atoms in total. The van der Waals surface area contributed by atoms with Gasteiger partial charge in [0.1, 0.15) is 6.17 Å². The molecule has 0 saturated carbocycles. The Morgan fingerprint density at radius 1 is 1.40 bits per heavy atom. The highest BCUT2D eigenvalue weighted by atomic mass is 79.9. The minimum Gasteiger partial charge on any atom is -0.288 e. The van der Waals surface area contributed by atoms with Crippen molar-refractivity contribution in [2.75, 3.05) is 14.1 Å². The number of rotatable bonds is 2. The molecular weight excluding hydrogens is 254 g/mol. The van der Waals surface area contributed by atoms with Gasteiger partial charge in [-0.25, -0.2) is 4.68 Å². The number of nitrogens with zero attached hydrogens (tertiary/aromatic N) is 3. The van der Waals surface area contributed by atoms with Crippen LogP contribution in [-0.2, 0) is 0 Å². The molecule has 0 amide bonds. The van der Waals surface area contributed by atoms with Crippen molar-refractivity contribution in [2.45, 2.75) is 13.1 Å². The topological polar surface area (TPSA) is 21.1 Å². The Hall–Kier alpha value is -0.870. The highest BCUT2D eigenvalue weighted by Crippen LogP contribution is 2.22. The van der Waals surface area contributed by atoms with Crippen LogP contribution in [0.2, 0.25) is 0 Å². The normalized spacial score (nSPS) is 13.7. The number of halogens is 1. The summed E-state index contributed by atoms with van der Waals surface area (Å²) in [5, 5.41) is 5.58. The Morgan fingerprint density at radius 3 is 2.80 bits per heavy atom. The molecule has 0 aliphatic rings. The lowest BCUT2D eigenvalue weighted by Crippen LogP contribution is -2.23. The maximum atomic E-state index is 4.41. The lowest BCUT2D eigenvalue weighted by molar-refractivity contribution is 0.226. The Kier molecular flexibility index (Phi) is 2.80. The van der Waals surface area contributed by atoms with Crippen LogP contribution in [0.25, 0.3) is 10.9 Å². The van der Waals surface area contributed by atoms with Gasteiger partial charge in [0.15, 0.2) is 0 Å². The van der Waals surface area contributed by atoms with Gasteiger partial charge in [0, 0.05) is 9.86 Å². The molecule has 4 heteroatoms. The zero-order valence-corrected chi connectivity index (χ0v) is 10.7. The van der Waals surface area contributed by atoms with E-state index in [1.807, 2.05) is 16.9 Å². The van der Waals surface area contributed by atoms with E-state index in [4.69, 9.17) is 0 Å². The molecule has 1 aromatic carbocycles. The monoisotopic (exact) mass is 267 g/mol. The lowest BCUT2D eigenvalue weighted by atomic mass is 10.2. The van der Waals surface area contributed by atoms with Gasteiger partial charge in [-0.2, -0.15) is 5.10 Å². The van der Waals surface area contributed by atoms with Gasteiger partial charge in [-0.1, -0.05) is 22.0 Å². The lowest BCUT2D eigenvalue weighted by Gasteiger charge is -2.20. The highest BCUT2D eigenvalue weighted by molar-refractivity contribution is 9.10. The van der Waals surface area contributed by atoms with Crippen molar-refractivity contribution in [2.24, 2.45) is 0 Å². The summed E-state index contributed by atoms with van der Waals surface area (Å²) in [5.41, 5.74) is 1.16. The third kappa shape index (κ3) is 1.92. The number of hydrogen-bond donors (Lipinski definition) is 0. The van der Waals surface area contributed by atoms with Crippen LogP contribution < -0.4 is 0 Å². The fourth-order valence-electron chi connectivity index (χ4n) is 1.53. The van der Waals surface area contributed by atoms with Gasteiger partial charge in [-0.3, -0.25) is 4.90 Å². The van der Waals surface area contributed by atoms with Crippen LogP contribution in [0.15, 0.2) is 28.9 Å². The summed E-state index contributed by atoms with van der Waals surface area (Å²) >= 11 is 3.48. The first kappa shape index (κ1) is 10.6. The van der Waals surface area contributed by atoms with Crippen LogP contribution >= 0.6 is 15.9 Å². The van der Waals surface area contributed by atoms with Crippen molar-refractivity contribution in [3.8, 4) is 0 Å². The van der Waals surface area contributed by atoms with Crippen molar-refractivity contribution in [3.63, 3.8) is 0 Å². The molecule has 15 heavy (non-hydrogen) atoms. The summed E-state index contributed by atoms with van der Waals surface area (Å²) in [6, 6.07) is 6.21. The van der Waals surface area contributed by atoms with Crippen LogP contribution in [0, 0.1) is 0 Å². The number of hydrogen-bond acceptors (Lipinski definition) is 2. The van der Waals surface area contributed by atoms with E-state index in [1.165, 1.54) is 5.39 Å².